The van der Waals surface area contributed by atoms with Gasteiger partial charge in [-0.2, -0.15) is 0 Å². The van der Waals surface area contributed by atoms with Crippen LogP contribution in [0.15, 0.2) is 35.2 Å². The van der Waals surface area contributed by atoms with Gasteiger partial charge in [0.1, 0.15) is 11.5 Å². The van der Waals surface area contributed by atoms with Crippen molar-refractivity contribution < 1.29 is 22.3 Å². The van der Waals surface area contributed by atoms with Gasteiger partial charge in [0.05, 0.1) is 4.90 Å². The van der Waals surface area contributed by atoms with Crippen molar-refractivity contribution in [3.8, 4) is 0 Å². The third kappa shape index (κ3) is 2.57. The highest BCUT2D eigenvalue weighted by molar-refractivity contribution is 7.93. The summed E-state index contributed by atoms with van der Waals surface area (Å²) in [6, 6.07) is 7.31. The summed E-state index contributed by atoms with van der Waals surface area (Å²) in [5.74, 6) is -2.05. The average molecular weight is 300 g/mol. The topological polar surface area (TPSA) is 60.4 Å². The fourth-order valence-corrected chi connectivity index (χ4v) is 3.71. The third-order valence-corrected chi connectivity index (χ3v) is 5.27. The second kappa shape index (κ2) is 4.55. The summed E-state index contributed by atoms with van der Waals surface area (Å²) >= 11 is 0. The number of alkyl halides is 1. The van der Waals surface area contributed by atoms with Gasteiger partial charge in [0.25, 0.3) is 0 Å². The predicted molar refractivity (Wildman–Crippen MR) is 71.4 cm³/mol. The van der Waals surface area contributed by atoms with Gasteiger partial charge in [0.2, 0.25) is 14.8 Å². The molecule has 1 aliphatic rings. The van der Waals surface area contributed by atoms with Gasteiger partial charge in [-0.25, -0.2) is 12.8 Å². The molecular formula is C14H17FO4S. The maximum Gasteiger partial charge on any atom is 0.314 e. The van der Waals surface area contributed by atoms with Crippen LogP contribution in [0.3, 0.4) is 0 Å². The van der Waals surface area contributed by atoms with E-state index >= 15 is 0 Å². The number of halogens is 1. The number of ether oxygens (including phenoxy) is 1. The van der Waals surface area contributed by atoms with Gasteiger partial charge in [-0.15, -0.1) is 0 Å². The van der Waals surface area contributed by atoms with Crippen molar-refractivity contribution in [2.24, 2.45) is 5.92 Å². The maximum atomic E-state index is 14.6. The van der Waals surface area contributed by atoms with Crippen molar-refractivity contribution in [1.29, 1.82) is 0 Å². The van der Waals surface area contributed by atoms with Crippen LogP contribution < -0.4 is 0 Å². The van der Waals surface area contributed by atoms with Crippen LogP contribution in [-0.4, -0.2) is 25.0 Å². The van der Waals surface area contributed by atoms with Crippen molar-refractivity contribution in [2.75, 3.05) is 0 Å². The normalized spacial score (nSPS) is 26.1. The highest BCUT2D eigenvalue weighted by Gasteiger charge is 2.70. The second-order valence-corrected chi connectivity index (χ2v) is 8.05. The Morgan fingerprint density at radius 2 is 1.85 bits per heavy atom. The minimum absolute atomic E-state index is 0.117. The zero-order chi connectivity index (χ0) is 15.2. The standard InChI is InChI=1S/C14H17FO4S/c1-13(2,3)19-12(16)11-9-14(11,15)20(17,18)10-7-5-4-6-8-10/h4-8,11H,9H2,1-3H3/t11-,14-/m1/s1. The molecule has 1 saturated carbocycles. The molecule has 0 bridgehead atoms. The van der Waals surface area contributed by atoms with Crippen molar-refractivity contribution in [2.45, 2.75) is 42.7 Å². The van der Waals surface area contributed by atoms with Gasteiger partial charge in [0.15, 0.2) is 0 Å². The van der Waals surface area contributed by atoms with Gasteiger partial charge in [-0.05, 0) is 32.9 Å². The molecule has 1 aromatic carbocycles. The highest BCUT2D eigenvalue weighted by atomic mass is 32.2. The van der Waals surface area contributed by atoms with Gasteiger partial charge in [-0.1, -0.05) is 18.2 Å². The summed E-state index contributed by atoms with van der Waals surface area (Å²) in [6.45, 7) is 4.96. The van der Waals surface area contributed by atoms with Crippen LogP contribution >= 0.6 is 0 Å². The molecule has 1 aliphatic carbocycles. The van der Waals surface area contributed by atoms with Crippen LogP contribution in [0, 0.1) is 5.92 Å². The summed E-state index contributed by atoms with van der Waals surface area (Å²) in [5, 5.41) is -2.54. The fraction of sp³-hybridized carbons (Fsp3) is 0.500. The van der Waals surface area contributed by atoms with Crippen molar-refractivity contribution in [1.82, 2.24) is 0 Å². The van der Waals surface area contributed by atoms with E-state index in [0.29, 0.717) is 0 Å². The number of carbonyl (C=O) groups is 1. The number of esters is 1. The molecule has 6 heteroatoms. The minimum atomic E-state index is -4.18. The van der Waals surface area contributed by atoms with Gasteiger partial charge in [0, 0.05) is 6.42 Å². The van der Waals surface area contributed by atoms with Gasteiger partial charge >= 0.3 is 5.97 Å². The number of carbonyl (C=O) groups excluding carboxylic acids is 1. The predicted octanol–water partition coefficient (Wildman–Crippen LogP) is 2.49. The van der Waals surface area contributed by atoms with E-state index in [1.54, 1.807) is 26.8 Å². The number of benzene rings is 1. The smallest absolute Gasteiger partial charge is 0.314 e. The molecule has 0 radical (unpaired) electrons. The largest absolute Gasteiger partial charge is 0.460 e. The van der Waals surface area contributed by atoms with Gasteiger partial charge in [-0.3, -0.25) is 4.79 Å². The van der Waals surface area contributed by atoms with E-state index in [-0.39, 0.29) is 11.3 Å². The quantitative estimate of drug-likeness (QED) is 0.805. The first kappa shape index (κ1) is 15.0. The van der Waals surface area contributed by atoms with Crippen LogP contribution in [-0.2, 0) is 19.4 Å². The van der Waals surface area contributed by atoms with E-state index in [1.807, 2.05) is 0 Å². The second-order valence-electron chi connectivity index (χ2n) is 5.89. The minimum Gasteiger partial charge on any atom is -0.460 e. The Bertz CT molecular complexity index is 618. The van der Waals surface area contributed by atoms with E-state index in [2.05, 4.69) is 0 Å². The Balaban J connectivity index is 2.21. The average Bonchev–Trinajstić information content (AvgIpc) is 3.03. The molecule has 1 aromatic rings. The zero-order valence-electron chi connectivity index (χ0n) is 11.6. The first-order valence-corrected chi connectivity index (χ1v) is 7.78. The van der Waals surface area contributed by atoms with E-state index in [9.17, 15) is 17.6 Å². The summed E-state index contributed by atoms with van der Waals surface area (Å²) in [4.78, 5) is 11.7. The van der Waals surface area contributed by atoms with Crippen molar-refractivity contribution >= 4 is 15.8 Å². The summed E-state index contributed by atoms with van der Waals surface area (Å²) in [7, 11) is -4.18. The van der Waals surface area contributed by atoms with Crippen LogP contribution in [0.5, 0.6) is 0 Å². The summed E-state index contributed by atoms with van der Waals surface area (Å²) in [6.07, 6.45) is -0.348. The Morgan fingerprint density at radius 1 is 1.30 bits per heavy atom. The van der Waals surface area contributed by atoms with Crippen LogP contribution in [0.1, 0.15) is 27.2 Å². The van der Waals surface area contributed by atoms with Crippen LogP contribution in [0.2, 0.25) is 0 Å². The molecule has 4 nitrogen and oxygen atoms in total. The van der Waals surface area contributed by atoms with E-state index in [1.165, 1.54) is 24.3 Å². The Morgan fingerprint density at radius 3 is 2.35 bits per heavy atom. The van der Waals surface area contributed by atoms with E-state index < -0.39 is 32.3 Å². The van der Waals surface area contributed by atoms with E-state index in [4.69, 9.17) is 4.74 Å². The van der Waals surface area contributed by atoms with Crippen LogP contribution in [0.25, 0.3) is 0 Å². The van der Waals surface area contributed by atoms with Crippen LogP contribution in [0.4, 0.5) is 4.39 Å². The number of hydrogen-bond acceptors (Lipinski definition) is 4. The monoisotopic (exact) mass is 300 g/mol. The number of rotatable bonds is 3. The first-order valence-electron chi connectivity index (χ1n) is 6.29. The van der Waals surface area contributed by atoms with Gasteiger partial charge < -0.3 is 4.74 Å². The molecule has 0 spiro atoms. The highest BCUT2D eigenvalue weighted by Crippen LogP contribution is 2.54. The lowest BCUT2D eigenvalue weighted by Crippen LogP contribution is -2.29. The molecule has 2 atom stereocenters. The third-order valence-electron chi connectivity index (χ3n) is 3.03. The Hall–Kier alpha value is -1.43. The molecule has 110 valence electrons. The molecule has 0 saturated heterocycles. The molecule has 0 aliphatic heterocycles. The molecule has 0 N–H and O–H groups in total. The summed E-state index contributed by atoms with van der Waals surface area (Å²) < 4.78 is 44.0. The lowest BCUT2D eigenvalue weighted by atomic mass is 10.2. The molecule has 0 unspecified atom stereocenters. The molecule has 0 aromatic heterocycles. The Labute approximate surface area is 117 Å². The SMILES string of the molecule is CC(C)(C)OC(=O)[C@H]1C[C@@]1(F)S(=O)(=O)c1ccccc1. The molecule has 0 heterocycles. The van der Waals surface area contributed by atoms with E-state index in [0.717, 1.165) is 0 Å². The first-order chi connectivity index (χ1) is 9.08. The summed E-state index contributed by atoms with van der Waals surface area (Å²) in [5.41, 5.74) is -0.767. The molecule has 1 fully saturated rings. The lowest BCUT2D eigenvalue weighted by molar-refractivity contribution is -0.157. The maximum absolute atomic E-state index is 14.6. The zero-order valence-corrected chi connectivity index (χ0v) is 12.4. The number of hydrogen-bond donors (Lipinski definition) is 0. The van der Waals surface area contributed by atoms with Crippen molar-refractivity contribution in [3.05, 3.63) is 30.3 Å². The Kier molecular flexibility index (Phi) is 3.40. The number of sulfone groups is 1. The van der Waals surface area contributed by atoms with Crippen molar-refractivity contribution in [3.63, 3.8) is 0 Å². The molecule has 2 rings (SSSR count). The molecular weight excluding hydrogens is 283 g/mol. The lowest BCUT2D eigenvalue weighted by Gasteiger charge is -2.20. The molecule has 0 amide bonds. The fourth-order valence-electron chi connectivity index (χ4n) is 1.94. The molecule has 20 heavy (non-hydrogen) atoms.